The van der Waals surface area contributed by atoms with Crippen molar-refractivity contribution in [1.82, 2.24) is 0 Å². The number of hydrogen-bond donors (Lipinski definition) is 0. The molecule has 0 atom stereocenters. The highest BCUT2D eigenvalue weighted by atomic mass is 35.5. The number of halogens is 2. The molecule has 1 heterocycles. The van der Waals surface area contributed by atoms with E-state index in [1.165, 1.54) is 58.3 Å². The number of para-hydroxylation sites is 1. The van der Waals surface area contributed by atoms with Gasteiger partial charge in [-0.2, -0.15) is 0 Å². The van der Waals surface area contributed by atoms with E-state index in [9.17, 15) is 0 Å². The Kier molecular flexibility index (Phi) is 4.82. The van der Waals surface area contributed by atoms with E-state index < -0.39 is 0 Å². The van der Waals surface area contributed by atoms with Crippen LogP contribution in [0.3, 0.4) is 0 Å². The summed E-state index contributed by atoms with van der Waals surface area (Å²) < 4.78 is 1.45. The molecule has 1 aliphatic rings. The van der Waals surface area contributed by atoms with Crippen molar-refractivity contribution < 1.29 is 0 Å². The molecule has 0 spiro atoms. The van der Waals surface area contributed by atoms with E-state index in [0.29, 0.717) is 15.3 Å². The Balaban J connectivity index is 2.01. The van der Waals surface area contributed by atoms with E-state index in [1.54, 1.807) is 0 Å². The van der Waals surface area contributed by atoms with Crippen LogP contribution in [0.5, 0.6) is 0 Å². The molecule has 1 aromatic carbocycles. The zero-order valence-electron chi connectivity index (χ0n) is 10.9. The molecule has 0 amide bonds. The molecule has 106 valence electrons. The Morgan fingerprint density at radius 2 is 1.75 bits per heavy atom. The Hall–Kier alpha value is -0.350. The minimum atomic E-state index is 0.583. The van der Waals surface area contributed by atoms with E-state index in [1.807, 2.05) is 6.07 Å². The molecule has 1 saturated carbocycles. The van der Waals surface area contributed by atoms with E-state index in [2.05, 4.69) is 18.2 Å². The fraction of sp³-hybridized carbons (Fsp3) is 0.400. The van der Waals surface area contributed by atoms with Crippen molar-refractivity contribution in [2.45, 2.75) is 38.0 Å². The minimum absolute atomic E-state index is 0.583. The smallest absolute Gasteiger partial charge is 0.147 e. The predicted molar refractivity (Wildman–Crippen MR) is 89.7 cm³/mol. The van der Waals surface area contributed by atoms with Crippen LogP contribution in [0.4, 0.5) is 5.69 Å². The number of benzene rings is 1. The third-order valence-electron chi connectivity index (χ3n) is 3.76. The first-order chi connectivity index (χ1) is 9.75. The molecule has 0 saturated heterocycles. The van der Waals surface area contributed by atoms with Crippen LogP contribution in [0.2, 0.25) is 9.36 Å². The highest BCUT2D eigenvalue weighted by Crippen LogP contribution is 2.37. The van der Waals surface area contributed by atoms with Gasteiger partial charge in [0.2, 0.25) is 0 Å². The van der Waals surface area contributed by atoms with Gasteiger partial charge in [-0.25, -0.2) is 4.99 Å². The minimum Gasteiger partial charge on any atom is -0.235 e. The highest BCUT2D eigenvalue weighted by molar-refractivity contribution is 7.69. The van der Waals surface area contributed by atoms with Gasteiger partial charge in [0.1, 0.15) is 14.0 Å². The maximum absolute atomic E-state index is 6.19. The molecule has 3 rings (SSSR count). The number of hydrogen-bond acceptors (Lipinski definition) is 3. The summed E-state index contributed by atoms with van der Waals surface area (Å²) in [6.45, 7) is 0. The number of nitrogens with zero attached hydrogens (tertiary/aromatic N) is 1. The summed E-state index contributed by atoms with van der Waals surface area (Å²) >= 11 is 12.2. The molecule has 2 aromatic rings. The molecule has 1 fully saturated rings. The van der Waals surface area contributed by atoms with Gasteiger partial charge in [-0.3, -0.25) is 0 Å². The molecule has 1 aromatic heterocycles. The lowest BCUT2D eigenvalue weighted by molar-refractivity contribution is 0.444. The van der Waals surface area contributed by atoms with E-state index in [0.717, 1.165) is 10.4 Å². The van der Waals surface area contributed by atoms with Crippen LogP contribution in [0.25, 0.3) is 0 Å². The van der Waals surface area contributed by atoms with Crippen LogP contribution in [0.15, 0.2) is 29.3 Å². The normalized spacial score (nSPS) is 17.6. The fourth-order valence-electron chi connectivity index (χ4n) is 2.76. The Morgan fingerprint density at radius 1 is 1.00 bits per heavy atom. The standard InChI is InChI=1S/C15H15Cl2NS2/c16-13-14(17)19-20-15(13)18-12-9-5-4-8-11(12)10-6-2-1-3-7-10/h4-5,8-10H,1-3,6-7H2. The van der Waals surface area contributed by atoms with E-state index in [-0.39, 0.29) is 0 Å². The monoisotopic (exact) mass is 343 g/mol. The first-order valence-electron chi connectivity index (χ1n) is 6.83. The van der Waals surface area contributed by atoms with E-state index >= 15 is 0 Å². The van der Waals surface area contributed by atoms with Crippen molar-refractivity contribution in [3.05, 3.63) is 43.9 Å². The van der Waals surface area contributed by atoms with Crippen LogP contribution < -0.4 is 4.67 Å². The largest absolute Gasteiger partial charge is 0.235 e. The van der Waals surface area contributed by atoms with Crippen molar-refractivity contribution in [3.63, 3.8) is 0 Å². The molecular formula is C15H15Cl2NS2. The van der Waals surface area contributed by atoms with Crippen LogP contribution in [0.1, 0.15) is 43.6 Å². The van der Waals surface area contributed by atoms with Gasteiger partial charge in [-0.1, -0.05) is 81.3 Å². The summed E-state index contributed by atoms with van der Waals surface area (Å²) in [5.41, 5.74) is 2.41. The van der Waals surface area contributed by atoms with Gasteiger partial charge in [-0.15, -0.1) is 0 Å². The SMILES string of the molecule is Clc1ssc(=Nc2ccccc2C2CCCCC2)c1Cl. The average molecular weight is 344 g/mol. The maximum Gasteiger partial charge on any atom is 0.147 e. The Morgan fingerprint density at radius 3 is 2.45 bits per heavy atom. The molecule has 1 nitrogen and oxygen atoms in total. The molecule has 0 bridgehead atoms. The molecule has 0 N–H and O–H groups in total. The lowest BCUT2D eigenvalue weighted by atomic mass is 9.83. The summed E-state index contributed by atoms with van der Waals surface area (Å²) in [6.07, 6.45) is 6.56. The maximum atomic E-state index is 6.19. The van der Waals surface area contributed by atoms with Gasteiger partial charge in [0.05, 0.1) is 5.69 Å². The predicted octanol–water partition coefficient (Wildman–Crippen LogP) is 6.40. The van der Waals surface area contributed by atoms with Crippen molar-refractivity contribution in [3.8, 4) is 0 Å². The lowest BCUT2D eigenvalue weighted by Crippen LogP contribution is -2.05. The molecule has 0 aliphatic heterocycles. The summed E-state index contributed by atoms with van der Waals surface area (Å²) in [5, 5.41) is 0.583. The van der Waals surface area contributed by atoms with E-state index in [4.69, 9.17) is 28.2 Å². The third-order valence-corrected chi connectivity index (χ3v) is 7.25. The van der Waals surface area contributed by atoms with Gasteiger partial charge in [0.25, 0.3) is 0 Å². The topological polar surface area (TPSA) is 12.4 Å². The van der Waals surface area contributed by atoms with Crippen LogP contribution in [0, 0.1) is 0 Å². The molecular weight excluding hydrogens is 329 g/mol. The molecule has 0 radical (unpaired) electrons. The Labute approximate surface area is 136 Å². The second kappa shape index (κ2) is 6.61. The summed E-state index contributed by atoms with van der Waals surface area (Å²) in [7, 11) is 3.01. The summed E-state index contributed by atoms with van der Waals surface area (Å²) in [4.78, 5) is 4.75. The average Bonchev–Trinajstić information content (AvgIpc) is 2.81. The lowest BCUT2D eigenvalue weighted by Gasteiger charge is -2.23. The second-order valence-corrected chi connectivity index (χ2v) is 8.17. The van der Waals surface area contributed by atoms with Crippen LogP contribution in [-0.4, -0.2) is 0 Å². The van der Waals surface area contributed by atoms with Gasteiger partial charge >= 0.3 is 0 Å². The van der Waals surface area contributed by atoms with Gasteiger partial charge in [-0.05, 0) is 30.4 Å². The third kappa shape index (κ3) is 3.11. The van der Waals surface area contributed by atoms with Crippen LogP contribution >= 0.6 is 43.9 Å². The zero-order chi connectivity index (χ0) is 13.9. The number of rotatable bonds is 2. The first kappa shape index (κ1) is 14.6. The van der Waals surface area contributed by atoms with Crippen molar-refractivity contribution in [1.29, 1.82) is 0 Å². The summed E-state index contributed by atoms with van der Waals surface area (Å²) in [6, 6.07) is 8.44. The first-order valence-corrected chi connectivity index (χ1v) is 9.74. The zero-order valence-corrected chi connectivity index (χ0v) is 14.1. The molecule has 1 aliphatic carbocycles. The molecule has 5 heteroatoms. The summed E-state index contributed by atoms with van der Waals surface area (Å²) in [5.74, 6) is 0.640. The van der Waals surface area contributed by atoms with Crippen LogP contribution in [-0.2, 0) is 0 Å². The fourth-order valence-corrected chi connectivity index (χ4v) is 5.50. The van der Waals surface area contributed by atoms with Crippen molar-refractivity contribution in [2.24, 2.45) is 4.99 Å². The van der Waals surface area contributed by atoms with Gasteiger partial charge in [0.15, 0.2) is 0 Å². The van der Waals surface area contributed by atoms with Gasteiger partial charge in [0, 0.05) is 0 Å². The molecule has 20 heavy (non-hydrogen) atoms. The Bertz CT molecular complexity index is 654. The second-order valence-electron chi connectivity index (χ2n) is 5.07. The van der Waals surface area contributed by atoms with Crippen molar-refractivity contribution in [2.75, 3.05) is 0 Å². The van der Waals surface area contributed by atoms with Crippen molar-refractivity contribution >= 4 is 49.6 Å². The highest BCUT2D eigenvalue weighted by Gasteiger charge is 2.18. The van der Waals surface area contributed by atoms with Gasteiger partial charge < -0.3 is 0 Å². The quantitative estimate of drug-likeness (QED) is 0.559. The molecule has 0 unspecified atom stereocenters.